The minimum Gasteiger partial charge on any atom is -0.396 e. The van der Waals surface area contributed by atoms with Gasteiger partial charge in [0.15, 0.2) is 0 Å². The summed E-state index contributed by atoms with van der Waals surface area (Å²) in [5.74, 6) is 1.30. The Labute approximate surface area is 120 Å². The number of nitrogens with zero attached hydrogens (tertiary/aromatic N) is 2. The Morgan fingerprint density at radius 2 is 1.90 bits per heavy atom. The van der Waals surface area contributed by atoms with Crippen LogP contribution in [0.2, 0.25) is 0 Å². The molecule has 0 aliphatic heterocycles. The van der Waals surface area contributed by atoms with Crippen molar-refractivity contribution in [2.45, 2.75) is 31.7 Å². The molecule has 4 rings (SSSR count). The normalized spacial score (nSPS) is 18.6. The van der Waals surface area contributed by atoms with Crippen LogP contribution in [0.15, 0.2) is 12.4 Å². The van der Waals surface area contributed by atoms with Gasteiger partial charge in [-0.25, -0.2) is 9.97 Å². The number of hydrogen-bond donors (Lipinski definition) is 2. The molecular weight excluding hydrogens is 272 g/mol. The van der Waals surface area contributed by atoms with Crippen molar-refractivity contribution in [3.63, 3.8) is 0 Å². The fraction of sp³-hybridized carbons (Fsp3) is 0.500. The first-order valence-electron chi connectivity index (χ1n) is 7.04. The smallest absolute Gasteiger partial charge is 0.263 e. The van der Waals surface area contributed by atoms with Crippen molar-refractivity contribution in [1.29, 1.82) is 0 Å². The van der Waals surface area contributed by atoms with Crippen molar-refractivity contribution in [2.75, 3.05) is 5.73 Å². The summed E-state index contributed by atoms with van der Waals surface area (Å²) in [7, 11) is 0. The number of carbonyl (C=O) groups excluding carboxylic acids is 1. The van der Waals surface area contributed by atoms with Crippen LogP contribution in [0, 0.1) is 11.8 Å². The molecule has 0 unspecified atom stereocenters. The van der Waals surface area contributed by atoms with Crippen LogP contribution in [0.3, 0.4) is 0 Å². The van der Waals surface area contributed by atoms with Crippen LogP contribution in [0.5, 0.6) is 0 Å². The maximum Gasteiger partial charge on any atom is 0.263 e. The second kappa shape index (κ2) is 4.41. The summed E-state index contributed by atoms with van der Waals surface area (Å²) in [6, 6.07) is 0.341. The summed E-state index contributed by atoms with van der Waals surface area (Å²) in [5, 5.41) is 3.19. The molecule has 2 aliphatic rings. The molecule has 2 fully saturated rings. The zero-order valence-electron chi connectivity index (χ0n) is 11.0. The molecule has 104 valence electrons. The number of aromatic nitrogens is 2. The van der Waals surface area contributed by atoms with Crippen molar-refractivity contribution in [3.05, 3.63) is 17.3 Å². The van der Waals surface area contributed by atoms with Crippen LogP contribution in [-0.2, 0) is 0 Å². The molecule has 1 amide bonds. The molecule has 0 atom stereocenters. The molecule has 0 spiro atoms. The maximum absolute atomic E-state index is 12.5. The number of nitrogens with two attached hydrogens (primary N) is 1. The number of amides is 1. The fourth-order valence-electron chi connectivity index (χ4n) is 2.76. The Kier molecular flexibility index (Phi) is 2.66. The van der Waals surface area contributed by atoms with E-state index in [0.717, 1.165) is 4.83 Å². The van der Waals surface area contributed by atoms with Gasteiger partial charge in [0, 0.05) is 18.4 Å². The molecule has 2 aromatic heterocycles. The van der Waals surface area contributed by atoms with E-state index in [9.17, 15) is 4.79 Å². The Balaban J connectivity index is 1.61. The third kappa shape index (κ3) is 2.04. The lowest BCUT2D eigenvalue weighted by Gasteiger charge is -2.17. The highest BCUT2D eigenvalue weighted by Crippen LogP contribution is 2.44. The SMILES string of the molecule is Nc1c(C(=O)NC(C2CC2)C2CC2)sc2nccnc12. The summed E-state index contributed by atoms with van der Waals surface area (Å²) >= 11 is 1.33. The van der Waals surface area contributed by atoms with Gasteiger partial charge in [-0.1, -0.05) is 0 Å². The number of thiophene rings is 1. The van der Waals surface area contributed by atoms with E-state index in [-0.39, 0.29) is 5.91 Å². The van der Waals surface area contributed by atoms with Crippen LogP contribution < -0.4 is 11.1 Å². The average molecular weight is 288 g/mol. The Bertz CT molecular complexity index is 663. The average Bonchev–Trinajstić information content (AvgIpc) is 3.35. The van der Waals surface area contributed by atoms with Crippen LogP contribution in [0.4, 0.5) is 5.69 Å². The second-order valence-corrected chi connectivity index (χ2v) is 6.73. The van der Waals surface area contributed by atoms with Crippen molar-refractivity contribution < 1.29 is 4.79 Å². The lowest BCUT2D eigenvalue weighted by atomic mass is 10.1. The van der Waals surface area contributed by atoms with Crippen LogP contribution in [0.25, 0.3) is 10.3 Å². The van der Waals surface area contributed by atoms with Gasteiger partial charge in [0.25, 0.3) is 5.91 Å². The molecule has 5 nitrogen and oxygen atoms in total. The standard InChI is InChI=1S/C14H16N4OS/c15-9-11-14(17-6-5-16-11)20-12(9)13(19)18-10(7-1-2-7)8-3-4-8/h5-8,10H,1-4,15H2,(H,18,19). The minimum atomic E-state index is -0.0592. The molecule has 0 bridgehead atoms. The van der Waals surface area contributed by atoms with E-state index in [1.807, 2.05) is 0 Å². The lowest BCUT2D eigenvalue weighted by Crippen LogP contribution is -2.37. The highest BCUT2D eigenvalue weighted by molar-refractivity contribution is 7.21. The molecule has 0 aromatic carbocycles. The van der Waals surface area contributed by atoms with Gasteiger partial charge in [0.2, 0.25) is 0 Å². The Morgan fingerprint density at radius 3 is 2.50 bits per heavy atom. The molecule has 2 aliphatic carbocycles. The van der Waals surface area contributed by atoms with Gasteiger partial charge >= 0.3 is 0 Å². The predicted octanol–water partition coefficient (Wildman–Crippen LogP) is 2.19. The number of rotatable bonds is 4. The Morgan fingerprint density at radius 1 is 1.25 bits per heavy atom. The molecule has 3 N–H and O–H groups in total. The van der Waals surface area contributed by atoms with Gasteiger partial charge < -0.3 is 11.1 Å². The van der Waals surface area contributed by atoms with Crippen molar-refractivity contribution in [1.82, 2.24) is 15.3 Å². The van der Waals surface area contributed by atoms with E-state index >= 15 is 0 Å². The molecule has 0 radical (unpaired) electrons. The highest BCUT2D eigenvalue weighted by Gasteiger charge is 2.42. The fourth-order valence-corrected chi connectivity index (χ4v) is 3.69. The number of anilines is 1. The molecule has 0 saturated heterocycles. The number of nitrogen functional groups attached to an aromatic ring is 1. The first kappa shape index (κ1) is 12.1. The van der Waals surface area contributed by atoms with Crippen LogP contribution in [-0.4, -0.2) is 21.9 Å². The van der Waals surface area contributed by atoms with E-state index in [1.54, 1.807) is 12.4 Å². The number of carbonyl (C=O) groups is 1. The predicted molar refractivity (Wildman–Crippen MR) is 78.5 cm³/mol. The highest BCUT2D eigenvalue weighted by atomic mass is 32.1. The zero-order valence-corrected chi connectivity index (χ0v) is 11.8. The van der Waals surface area contributed by atoms with Gasteiger partial charge in [0.05, 0.1) is 5.69 Å². The van der Waals surface area contributed by atoms with Gasteiger partial charge in [-0.2, -0.15) is 0 Å². The van der Waals surface area contributed by atoms with Crippen molar-refractivity contribution in [3.8, 4) is 0 Å². The van der Waals surface area contributed by atoms with Crippen LogP contribution in [0.1, 0.15) is 35.4 Å². The van der Waals surface area contributed by atoms with Gasteiger partial charge in [-0.05, 0) is 37.5 Å². The monoisotopic (exact) mass is 288 g/mol. The van der Waals surface area contributed by atoms with Crippen LogP contribution >= 0.6 is 11.3 Å². The van der Waals surface area contributed by atoms with Gasteiger partial charge in [-0.3, -0.25) is 4.79 Å². The van der Waals surface area contributed by atoms with E-state index in [1.165, 1.54) is 37.0 Å². The van der Waals surface area contributed by atoms with Crippen molar-refractivity contribution >= 4 is 33.3 Å². The van der Waals surface area contributed by atoms with E-state index < -0.39 is 0 Å². The van der Waals surface area contributed by atoms with E-state index in [0.29, 0.717) is 34.0 Å². The summed E-state index contributed by atoms with van der Waals surface area (Å²) in [6.45, 7) is 0. The largest absolute Gasteiger partial charge is 0.396 e. The molecular formula is C14H16N4OS. The third-order valence-electron chi connectivity index (χ3n) is 4.13. The molecule has 2 saturated carbocycles. The summed E-state index contributed by atoms with van der Waals surface area (Å²) in [6.07, 6.45) is 8.19. The third-order valence-corrected chi connectivity index (χ3v) is 5.23. The van der Waals surface area contributed by atoms with Crippen molar-refractivity contribution in [2.24, 2.45) is 11.8 Å². The molecule has 20 heavy (non-hydrogen) atoms. The lowest BCUT2D eigenvalue weighted by molar-refractivity contribution is 0.0931. The quantitative estimate of drug-likeness (QED) is 0.903. The minimum absolute atomic E-state index is 0.0592. The summed E-state index contributed by atoms with van der Waals surface area (Å²) < 4.78 is 0. The first-order valence-corrected chi connectivity index (χ1v) is 7.85. The molecule has 6 heteroatoms. The number of nitrogens with one attached hydrogen (secondary N) is 1. The van der Waals surface area contributed by atoms with Gasteiger partial charge in [-0.15, -0.1) is 11.3 Å². The first-order chi connectivity index (χ1) is 9.74. The summed E-state index contributed by atoms with van der Waals surface area (Å²) in [5.41, 5.74) is 7.14. The van der Waals surface area contributed by atoms with Gasteiger partial charge in [0.1, 0.15) is 15.2 Å². The Hall–Kier alpha value is -1.69. The van der Waals surface area contributed by atoms with E-state index in [2.05, 4.69) is 15.3 Å². The summed E-state index contributed by atoms with van der Waals surface area (Å²) in [4.78, 5) is 22.2. The number of hydrogen-bond acceptors (Lipinski definition) is 5. The molecule has 2 heterocycles. The number of fused-ring (bicyclic) bond motifs is 1. The second-order valence-electron chi connectivity index (χ2n) is 5.73. The van der Waals surface area contributed by atoms with E-state index in [4.69, 9.17) is 5.73 Å². The zero-order chi connectivity index (χ0) is 13.7. The molecule has 2 aromatic rings. The topological polar surface area (TPSA) is 80.9 Å². The maximum atomic E-state index is 12.5.